The second-order valence-corrected chi connectivity index (χ2v) is 6.64. The predicted molar refractivity (Wildman–Crippen MR) is 94.9 cm³/mol. The van der Waals surface area contributed by atoms with Gasteiger partial charge in [0.05, 0.1) is 24.3 Å². The monoisotopic (exact) mass is 332 g/mol. The van der Waals surface area contributed by atoms with Crippen molar-refractivity contribution < 1.29 is 9.53 Å². The third-order valence-corrected chi connectivity index (χ3v) is 4.28. The lowest BCUT2D eigenvalue weighted by atomic mass is 10.1. The van der Waals surface area contributed by atoms with Crippen molar-refractivity contribution in [2.24, 2.45) is 5.92 Å². The van der Waals surface area contributed by atoms with Crippen LogP contribution in [0.1, 0.15) is 32.9 Å². The molecule has 0 aliphatic carbocycles. The minimum Gasteiger partial charge on any atom is -0.493 e. The average molecular weight is 332 g/mol. The number of rotatable bonds is 8. The molecule has 1 aromatic heterocycles. The first kappa shape index (κ1) is 17.5. The molecule has 2 rings (SSSR count). The van der Waals surface area contributed by atoms with Crippen LogP contribution in [0, 0.1) is 5.92 Å². The molecule has 0 aliphatic heterocycles. The minimum atomic E-state index is 0.0283. The number of benzene rings is 1. The van der Waals surface area contributed by atoms with Crippen molar-refractivity contribution in [2.75, 3.05) is 13.2 Å². The summed E-state index contributed by atoms with van der Waals surface area (Å²) in [7, 11) is 0. The van der Waals surface area contributed by atoms with Gasteiger partial charge in [-0.2, -0.15) is 0 Å². The van der Waals surface area contributed by atoms with Crippen LogP contribution in [0.15, 0.2) is 29.6 Å². The van der Waals surface area contributed by atoms with E-state index in [1.165, 1.54) is 0 Å². The van der Waals surface area contributed by atoms with Crippen LogP contribution >= 0.6 is 11.3 Å². The van der Waals surface area contributed by atoms with Crippen LogP contribution in [0.25, 0.3) is 10.6 Å². The summed E-state index contributed by atoms with van der Waals surface area (Å²) in [5, 5.41) is 5.78. The molecule has 4 nitrogen and oxygen atoms in total. The Morgan fingerprint density at radius 2 is 2.13 bits per heavy atom. The fourth-order valence-electron chi connectivity index (χ4n) is 2.16. The average Bonchev–Trinajstić information content (AvgIpc) is 2.96. The van der Waals surface area contributed by atoms with E-state index in [1.54, 1.807) is 11.3 Å². The standard InChI is InChI=1S/C18H24N2O2S/c1-4-22-16-8-6-5-7-15(16)18-20-14(12-23-18)11-17(21)19-10-9-13(2)3/h5-8,12-13H,4,9-11H2,1-3H3,(H,19,21). The summed E-state index contributed by atoms with van der Waals surface area (Å²) in [6, 6.07) is 7.86. The summed E-state index contributed by atoms with van der Waals surface area (Å²) in [4.78, 5) is 16.5. The lowest BCUT2D eigenvalue weighted by molar-refractivity contribution is -0.120. The van der Waals surface area contributed by atoms with Gasteiger partial charge in [-0.1, -0.05) is 26.0 Å². The van der Waals surface area contributed by atoms with Crippen LogP contribution in [0.2, 0.25) is 0 Å². The van der Waals surface area contributed by atoms with Gasteiger partial charge in [-0.3, -0.25) is 4.79 Å². The third-order valence-electron chi connectivity index (χ3n) is 3.35. The number of amides is 1. The number of aromatic nitrogens is 1. The topological polar surface area (TPSA) is 51.2 Å². The highest BCUT2D eigenvalue weighted by Crippen LogP contribution is 2.32. The van der Waals surface area contributed by atoms with Gasteiger partial charge in [0.2, 0.25) is 5.91 Å². The number of thiazole rings is 1. The van der Waals surface area contributed by atoms with E-state index >= 15 is 0 Å². The molecule has 0 atom stereocenters. The highest BCUT2D eigenvalue weighted by Gasteiger charge is 2.12. The molecule has 0 aliphatic rings. The molecule has 1 N–H and O–H groups in total. The largest absolute Gasteiger partial charge is 0.493 e. The first-order valence-electron chi connectivity index (χ1n) is 8.03. The Balaban J connectivity index is 1.99. The number of carbonyl (C=O) groups is 1. The number of nitrogens with zero attached hydrogens (tertiary/aromatic N) is 1. The van der Waals surface area contributed by atoms with E-state index in [0.29, 0.717) is 18.9 Å². The molecule has 1 amide bonds. The maximum atomic E-state index is 11.9. The normalized spacial score (nSPS) is 10.8. The van der Waals surface area contributed by atoms with Gasteiger partial charge in [-0.15, -0.1) is 11.3 Å². The molecule has 2 aromatic rings. The molecule has 0 spiro atoms. The van der Waals surface area contributed by atoms with E-state index in [2.05, 4.69) is 24.1 Å². The van der Waals surface area contributed by atoms with Crippen molar-refractivity contribution in [1.82, 2.24) is 10.3 Å². The maximum Gasteiger partial charge on any atom is 0.226 e. The summed E-state index contributed by atoms with van der Waals surface area (Å²) < 4.78 is 5.64. The molecule has 5 heteroatoms. The molecular formula is C18H24N2O2S. The Labute approximate surface area is 141 Å². The van der Waals surface area contributed by atoms with E-state index in [0.717, 1.165) is 35.0 Å². The molecule has 0 unspecified atom stereocenters. The fraction of sp³-hybridized carbons (Fsp3) is 0.444. The fourth-order valence-corrected chi connectivity index (χ4v) is 3.01. The predicted octanol–water partition coefficient (Wildman–Crippen LogP) is 3.91. The molecule has 0 saturated heterocycles. The van der Waals surface area contributed by atoms with Crippen LogP contribution in [0.3, 0.4) is 0 Å². The quantitative estimate of drug-likeness (QED) is 0.797. The highest BCUT2D eigenvalue weighted by atomic mass is 32.1. The Kier molecular flexibility index (Phi) is 6.59. The Bertz CT molecular complexity index is 637. The van der Waals surface area contributed by atoms with E-state index in [4.69, 9.17) is 4.74 Å². The molecule has 1 heterocycles. The Morgan fingerprint density at radius 3 is 2.87 bits per heavy atom. The molecule has 0 saturated carbocycles. The van der Waals surface area contributed by atoms with E-state index in [1.807, 2.05) is 36.6 Å². The number of ether oxygens (including phenoxy) is 1. The van der Waals surface area contributed by atoms with Crippen molar-refractivity contribution in [3.8, 4) is 16.3 Å². The lowest BCUT2D eigenvalue weighted by Crippen LogP contribution is -2.26. The molecule has 0 radical (unpaired) electrons. The zero-order valence-corrected chi connectivity index (χ0v) is 14.8. The van der Waals surface area contributed by atoms with Crippen LogP contribution in [0.4, 0.5) is 0 Å². The number of nitrogens with one attached hydrogen (secondary N) is 1. The van der Waals surface area contributed by atoms with Gasteiger partial charge >= 0.3 is 0 Å². The zero-order valence-electron chi connectivity index (χ0n) is 14.0. The van der Waals surface area contributed by atoms with Crippen molar-refractivity contribution >= 4 is 17.2 Å². The van der Waals surface area contributed by atoms with Crippen molar-refractivity contribution in [3.63, 3.8) is 0 Å². The molecular weight excluding hydrogens is 308 g/mol. The first-order valence-corrected chi connectivity index (χ1v) is 8.91. The summed E-state index contributed by atoms with van der Waals surface area (Å²) in [6.45, 7) is 7.60. The molecule has 0 bridgehead atoms. The molecule has 23 heavy (non-hydrogen) atoms. The first-order chi connectivity index (χ1) is 11.1. The van der Waals surface area contributed by atoms with Crippen molar-refractivity contribution in [1.29, 1.82) is 0 Å². The summed E-state index contributed by atoms with van der Waals surface area (Å²) >= 11 is 1.54. The van der Waals surface area contributed by atoms with Crippen LogP contribution < -0.4 is 10.1 Å². The van der Waals surface area contributed by atoms with Gasteiger partial charge < -0.3 is 10.1 Å². The summed E-state index contributed by atoms with van der Waals surface area (Å²) in [5.41, 5.74) is 1.78. The van der Waals surface area contributed by atoms with Crippen molar-refractivity contribution in [2.45, 2.75) is 33.6 Å². The smallest absolute Gasteiger partial charge is 0.226 e. The highest BCUT2D eigenvalue weighted by molar-refractivity contribution is 7.13. The van der Waals surface area contributed by atoms with E-state index < -0.39 is 0 Å². The van der Waals surface area contributed by atoms with Crippen LogP contribution in [0.5, 0.6) is 5.75 Å². The SMILES string of the molecule is CCOc1ccccc1-c1nc(CC(=O)NCCC(C)C)cs1. The van der Waals surface area contributed by atoms with Gasteiger partial charge in [0.15, 0.2) is 0 Å². The maximum absolute atomic E-state index is 11.9. The van der Waals surface area contributed by atoms with Gasteiger partial charge in [-0.25, -0.2) is 4.98 Å². The van der Waals surface area contributed by atoms with Gasteiger partial charge in [0, 0.05) is 11.9 Å². The van der Waals surface area contributed by atoms with Crippen molar-refractivity contribution in [3.05, 3.63) is 35.3 Å². The second-order valence-electron chi connectivity index (χ2n) is 5.78. The van der Waals surface area contributed by atoms with Gasteiger partial charge in [0.25, 0.3) is 0 Å². The third kappa shape index (κ3) is 5.36. The number of para-hydroxylation sites is 1. The van der Waals surface area contributed by atoms with Gasteiger partial charge in [-0.05, 0) is 31.4 Å². The summed E-state index contributed by atoms with van der Waals surface area (Å²) in [6.07, 6.45) is 1.32. The number of carbonyl (C=O) groups excluding carboxylic acids is 1. The zero-order chi connectivity index (χ0) is 16.7. The Hall–Kier alpha value is -1.88. The summed E-state index contributed by atoms with van der Waals surface area (Å²) in [5.74, 6) is 1.45. The van der Waals surface area contributed by atoms with E-state index in [-0.39, 0.29) is 5.91 Å². The number of hydrogen-bond donors (Lipinski definition) is 1. The van der Waals surface area contributed by atoms with E-state index in [9.17, 15) is 4.79 Å². The van der Waals surface area contributed by atoms with Gasteiger partial charge in [0.1, 0.15) is 10.8 Å². The minimum absolute atomic E-state index is 0.0283. The Morgan fingerprint density at radius 1 is 1.35 bits per heavy atom. The second kappa shape index (κ2) is 8.67. The number of hydrogen-bond acceptors (Lipinski definition) is 4. The molecule has 0 fully saturated rings. The molecule has 1 aromatic carbocycles. The lowest BCUT2D eigenvalue weighted by Gasteiger charge is -2.07. The van der Waals surface area contributed by atoms with Crippen LogP contribution in [-0.4, -0.2) is 24.0 Å². The van der Waals surface area contributed by atoms with Crippen LogP contribution in [-0.2, 0) is 11.2 Å². The molecule has 124 valence electrons.